The van der Waals surface area contributed by atoms with E-state index in [-0.39, 0.29) is 18.9 Å². The van der Waals surface area contributed by atoms with Crippen molar-refractivity contribution in [2.24, 2.45) is 4.99 Å². The lowest BCUT2D eigenvalue weighted by atomic mass is 9.90. The number of amidine groups is 1. The number of carbonyl (C=O) groups is 2. The quantitative estimate of drug-likeness (QED) is 0.767. The van der Waals surface area contributed by atoms with Crippen LogP contribution in [0.25, 0.3) is 11.1 Å². The van der Waals surface area contributed by atoms with Gasteiger partial charge in [-0.05, 0) is 50.5 Å². The van der Waals surface area contributed by atoms with Gasteiger partial charge in [-0.25, -0.2) is 4.79 Å². The van der Waals surface area contributed by atoms with E-state index in [0.717, 1.165) is 16.7 Å². The molecule has 3 heterocycles. The fraction of sp³-hybridized carbons (Fsp3) is 0.417. The molecule has 2 aliphatic heterocycles. The lowest BCUT2D eigenvalue weighted by Crippen LogP contribution is -2.50. The zero-order chi connectivity index (χ0) is 23.1. The van der Waals surface area contributed by atoms with Crippen LogP contribution in [0.4, 0.5) is 4.79 Å². The number of pyridine rings is 1. The molecule has 0 bridgehead atoms. The number of aromatic nitrogens is 1. The van der Waals surface area contributed by atoms with Crippen molar-refractivity contribution in [2.45, 2.75) is 57.4 Å². The molecule has 2 N–H and O–H groups in total. The van der Waals surface area contributed by atoms with Crippen LogP contribution in [0.15, 0.2) is 53.8 Å². The van der Waals surface area contributed by atoms with Gasteiger partial charge in [-0.3, -0.25) is 14.7 Å². The van der Waals surface area contributed by atoms with Crippen molar-refractivity contribution in [1.29, 1.82) is 0 Å². The molecule has 8 nitrogen and oxygen atoms in total. The zero-order valence-electron chi connectivity index (χ0n) is 18.7. The maximum Gasteiger partial charge on any atom is 0.411 e. The van der Waals surface area contributed by atoms with E-state index in [1.807, 2.05) is 36.4 Å². The second kappa shape index (κ2) is 8.02. The lowest BCUT2D eigenvalue weighted by Gasteiger charge is -2.30. The zero-order valence-corrected chi connectivity index (χ0v) is 18.7. The number of hydrogen-bond donors (Lipinski definition) is 2. The maximum absolute atomic E-state index is 12.9. The number of amides is 2. The Kier molecular flexibility index (Phi) is 5.50. The minimum atomic E-state index is -1.06. The molecule has 0 saturated carbocycles. The Morgan fingerprint density at radius 2 is 1.94 bits per heavy atom. The van der Waals surface area contributed by atoms with Gasteiger partial charge in [-0.1, -0.05) is 30.3 Å². The van der Waals surface area contributed by atoms with Crippen molar-refractivity contribution in [3.8, 4) is 11.1 Å². The van der Waals surface area contributed by atoms with Crippen molar-refractivity contribution in [1.82, 2.24) is 15.2 Å². The molecule has 1 aromatic carbocycles. The lowest BCUT2D eigenvalue weighted by molar-refractivity contribution is -0.122. The monoisotopic (exact) mass is 436 g/mol. The third-order valence-corrected chi connectivity index (χ3v) is 5.71. The van der Waals surface area contributed by atoms with Gasteiger partial charge in [0.1, 0.15) is 17.0 Å². The molecule has 8 heteroatoms. The van der Waals surface area contributed by atoms with E-state index in [1.165, 1.54) is 4.90 Å². The first-order valence-electron chi connectivity index (χ1n) is 10.7. The summed E-state index contributed by atoms with van der Waals surface area (Å²) in [6, 6.07) is 11.0. The standard InChI is InChI=1S/C24H28N4O4/c1-23(2,3)32-22(31)28-14-18(29)12-19(28)20-26-21(30)24(4,27-20)17-9-7-15(8-10-17)16-6-5-11-25-13-16/h5-11,13,18-19,29H,12,14H2,1-4H3,(H,26,27,30)/t18-,19?,24?/m1/s1. The average Bonchev–Trinajstić information content (AvgIpc) is 3.28. The van der Waals surface area contributed by atoms with Gasteiger partial charge < -0.3 is 15.2 Å². The fourth-order valence-corrected chi connectivity index (χ4v) is 4.04. The van der Waals surface area contributed by atoms with Gasteiger partial charge in [0.15, 0.2) is 0 Å². The summed E-state index contributed by atoms with van der Waals surface area (Å²) in [7, 11) is 0. The summed E-state index contributed by atoms with van der Waals surface area (Å²) in [6.07, 6.45) is 2.55. The third kappa shape index (κ3) is 4.23. The van der Waals surface area contributed by atoms with Gasteiger partial charge in [0.25, 0.3) is 5.91 Å². The number of likely N-dealkylation sites (tertiary alicyclic amines) is 1. The largest absolute Gasteiger partial charge is 0.444 e. The first kappa shape index (κ1) is 22.0. The average molecular weight is 437 g/mol. The molecule has 1 fully saturated rings. The van der Waals surface area contributed by atoms with Gasteiger partial charge in [0.2, 0.25) is 0 Å². The van der Waals surface area contributed by atoms with E-state index in [4.69, 9.17) is 4.74 Å². The molecular formula is C24H28N4O4. The molecular weight excluding hydrogens is 408 g/mol. The van der Waals surface area contributed by atoms with E-state index in [2.05, 4.69) is 15.3 Å². The van der Waals surface area contributed by atoms with Crippen molar-refractivity contribution in [2.75, 3.05) is 6.54 Å². The third-order valence-electron chi connectivity index (χ3n) is 5.71. The van der Waals surface area contributed by atoms with Crippen LogP contribution in [0.1, 0.15) is 39.7 Å². The van der Waals surface area contributed by atoms with Gasteiger partial charge in [-0.15, -0.1) is 0 Å². The first-order chi connectivity index (χ1) is 15.1. The molecule has 0 radical (unpaired) electrons. The van der Waals surface area contributed by atoms with E-state index < -0.39 is 29.4 Å². The Balaban J connectivity index is 1.54. The second-order valence-electron chi connectivity index (χ2n) is 9.41. The smallest absolute Gasteiger partial charge is 0.411 e. The number of aliphatic hydroxyl groups excluding tert-OH is 1. The Bertz CT molecular complexity index is 1050. The summed E-state index contributed by atoms with van der Waals surface area (Å²) < 4.78 is 5.48. The number of hydrogen-bond acceptors (Lipinski definition) is 6. The number of nitrogens with one attached hydrogen (secondary N) is 1. The summed E-state index contributed by atoms with van der Waals surface area (Å²) in [5.41, 5.74) is 1.01. The summed E-state index contributed by atoms with van der Waals surface area (Å²) in [4.78, 5) is 35.4. The Morgan fingerprint density at radius 1 is 1.22 bits per heavy atom. The fourth-order valence-electron chi connectivity index (χ4n) is 4.04. The minimum Gasteiger partial charge on any atom is -0.444 e. The van der Waals surface area contributed by atoms with Crippen LogP contribution in [0.2, 0.25) is 0 Å². The van der Waals surface area contributed by atoms with E-state index in [9.17, 15) is 14.7 Å². The molecule has 0 spiro atoms. The summed E-state index contributed by atoms with van der Waals surface area (Å²) >= 11 is 0. The SMILES string of the molecule is CC(C)(C)OC(=O)N1C[C@H](O)CC1C1=NC(=O)C(C)(c2ccc(-c3cccnc3)cc2)N1. The van der Waals surface area contributed by atoms with Crippen molar-refractivity contribution in [3.05, 3.63) is 54.4 Å². The number of carbonyl (C=O) groups excluding carboxylic acids is 2. The number of aliphatic hydroxyl groups is 1. The minimum absolute atomic E-state index is 0.130. The normalized spacial score (nSPS) is 25.5. The van der Waals surface area contributed by atoms with E-state index >= 15 is 0 Å². The topological polar surface area (TPSA) is 104 Å². The predicted molar refractivity (Wildman–Crippen MR) is 120 cm³/mol. The van der Waals surface area contributed by atoms with Gasteiger partial charge >= 0.3 is 6.09 Å². The molecule has 2 aromatic rings. The van der Waals surface area contributed by atoms with Crippen LogP contribution in [-0.4, -0.2) is 57.1 Å². The molecule has 2 unspecified atom stereocenters. The molecule has 1 saturated heterocycles. The second-order valence-corrected chi connectivity index (χ2v) is 9.41. The highest BCUT2D eigenvalue weighted by Gasteiger charge is 2.47. The van der Waals surface area contributed by atoms with Gasteiger partial charge in [-0.2, -0.15) is 4.99 Å². The van der Waals surface area contributed by atoms with Gasteiger partial charge in [0.05, 0.1) is 18.7 Å². The maximum atomic E-state index is 12.9. The van der Waals surface area contributed by atoms with Crippen molar-refractivity contribution in [3.63, 3.8) is 0 Å². The highest BCUT2D eigenvalue weighted by molar-refractivity contribution is 6.09. The summed E-state index contributed by atoms with van der Waals surface area (Å²) in [6.45, 7) is 7.26. The summed E-state index contributed by atoms with van der Waals surface area (Å²) in [5.74, 6) is 0.0309. The van der Waals surface area contributed by atoms with Crippen molar-refractivity contribution >= 4 is 17.8 Å². The highest BCUT2D eigenvalue weighted by Crippen LogP contribution is 2.32. The molecule has 2 aliphatic rings. The number of rotatable bonds is 3. The summed E-state index contributed by atoms with van der Waals surface area (Å²) in [5, 5.41) is 13.4. The molecule has 1 aromatic heterocycles. The number of aliphatic imine (C=N–C) groups is 1. The molecule has 0 aliphatic carbocycles. The molecule has 2 amide bonds. The first-order valence-corrected chi connectivity index (χ1v) is 10.7. The predicted octanol–water partition coefficient (Wildman–Crippen LogP) is 2.86. The van der Waals surface area contributed by atoms with Crippen LogP contribution in [0.3, 0.4) is 0 Å². The van der Waals surface area contributed by atoms with E-state index in [1.54, 1.807) is 40.1 Å². The Hall–Kier alpha value is -3.26. The number of nitrogens with zero attached hydrogens (tertiary/aromatic N) is 3. The van der Waals surface area contributed by atoms with Crippen LogP contribution in [0.5, 0.6) is 0 Å². The van der Waals surface area contributed by atoms with Gasteiger partial charge in [0, 0.05) is 18.8 Å². The highest BCUT2D eigenvalue weighted by atomic mass is 16.6. The molecule has 32 heavy (non-hydrogen) atoms. The molecule has 3 atom stereocenters. The number of β-amino-alcohol motifs (C(OH)–C–C–N with tert-alkyl or cyclic N) is 1. The van der Waals surface area contributed by atoms with Crippen molar-refractivity contribution < 1.29 is 19.4 Å². The van der Waals surface area contributed by atoms with Crippen LogP contribution >= 0.6 is 0 Å². The van der Waals surface area contributed by atoms with Crippen LogP contribution < -0.4 is 5.32 Å². The Labute approximate surface area is 187 Å². The molecule has 4 rings (SSSR count). The van der Waals surface area contributed by atoms with E-state index in [0.29, 0.717) is 5.84 Å². The van der Waals surface area contributed by atoms with Crippen LogP contribution in [0, 0.1) is 0 Å². The van der Waals surface area contributed by atoms with Crippen LogP contribution in [-0.2, 0) is 15.1 Å². The molecule has 168 valence electrons. The Morgan fingerprint density at radius 3 is 2.56 bits per heavy atom. The number of ether oxygens (including phenoxy) is 1. The number of benzene rings is 1.